The fourth-order valence-corrected chi connectivity index (χ4v) is 3.35. The molecule has 0 saturated carbocycles. The number of nitrogens with zero attached hydrogens (tertiary/aromatic N) is 5. The minimum Gasteiger partial charge on any atom is -0.353 e. The van der Waals surface area contributed by atoms with Crippen molar-refractivity contribution in [1.82, 2.24) is 24.6 Å². The van der Waals surface area contributed by atoms with Crippen molar-refractivity contribution in [2.45, 2.75) is 39.8 Å². The third-order valence-corrected chi connectivity index (χ3v) is 4.97. The van der Waals surface area contributed by atoms with E-state index >= 15 is 0 Å². The van der Waals surface area contributed by atoms with Crippen LogP contribution in [0.3, 0.4) is 0 Å². The van der Waals surface area contributed by atoms with Crippen molar-refractivity contribution in [1.29, 1.82) is 0 Å². The van der Waals surface area contributed by atoms with Crippen molar-refractivity contribution in [2.75, 3.05) is 5.32 Å². The zero-order valence-electron chi connectivity index (χ0n) is 17.7. The van der Waals surface area contributed by atoms with Gasteiger partial charge in [0, 0.05) is 26.0 Å². The summed E-state index contributed by atoms with van der Waals surface area (Å²) >= 11 is 0. The number of benzene rings is 1. The first-order valence-corrected chi connectivity index (χ1v) is 9.73. The standard InChI is InChI=1S/C20H24FN7O3/c1-5-16(24-19-18(28(30)31)12(2)25-26(19)4)20(29)23-11-14-6-7-17(15(21)10-14)27-9-8-22-13(27)3/h6-10,16,24H,5,11H2,1-4H3,(H,23,29)/t16-/m0/s1. The lowest BCUT2D eigenvalue weighted by Crippen LogP contribution is -2.39. The quantitative estimate of drug-likeness (QED) is 0.420. The Morgan fingerprint density at radius 1 is 1.35 bits per heavy atom. The topological polar surface area (TPSA) is 120 Å². The number of rotatable bonds is 8. The van der Waals surface area contributed by atoms with Crippen LogP contribution in [-0.4, -0.2) is 36.2 Å². The molecule has 11 heteroatoms. The number of nitro groups is 1. The number of anilines is 1. The predicted octanol–water partition coefficient (Wildman–Crippen LogP) is 2.78. The second-order valence-corrected chi connectivity index (χ2v) is 7.12. The molecule has 0 spiro atoms. The van der Waals surface area contributed by atoms with E-state index in [4.69, 9.17) is 0 Å². The number of imidazole rings is 1. The smallest absolute Gasteiger partial charge is 0.333 e. The summed E-state index contributed by atoms with van der Waals surface area (Å²) in [6.45, 7) is 5.21. The Morgan fingerprint density at radius 2 is 2.10 bits per heavy atom. The summed E-state index contributed by atoms with van der Waals surface area (Å²) in [7, 11) is 1.57. The maximum absolute atomic E-state index is 14.5. The first kappa shape index (κ1) is 21.9. The van der Waals surface area contributed by atoms with Crippen molar-refractivity contribution in [2.24, 2.45) is 7.05 Å². The van der Waals surface area contributed by atoms with Gasteiger partial charge in [-0.3, -0.25) is 14.9 Å². The van der Waals surface area contributed by atoms with E-state index in [9.17, 15) is 19.3 Å². The largest absolute Gasteiger partial charge is 0.353 e. The minimum atomic E-state index is -0.716. The molecule has 0 saturated heterocycles. The fraction of sp³-hybridized carbons (Fsp3) is 0.350. The van der Waals surface area contributed by atoms with Gasteiger partial charge in [0.1, 0.15) is 23.4 Å². The highest BCUT2D eigenvalue weighted by molar-refractivity contribution is 5.85. The second-order valence-electron chi connectivity index (χ2n) is 7.12. The molecule has 1 amide bonds. The minimum absolute atomic E-state index is 0.115. The third kappa shape index (κ3) is 4.55. The molecule has 164 valence electrons. The molecule has 0 bridgehead atoms. The monoisotopic (exact) mass is 429 g/mol. The number of amides is 1. The molecule has 0 aliphatic carbocycles. The van der Waals surface area contributed by atoms with Gasteiger partial charge < -0.3 is 15.2 Å². The van der Waals surface area contributed by atoms with Gasteiger partial charge >= 0.3 is 5.69 Å². The maximum atomic E-state index is 14.5. The van der Waals surface area contributed by atoms with Crippen LogP contribution in [0.5, 0.6) is 0 Å². The van der Waals surface area contributed by atoms with Crippen molar-refractivity contribution >= 4 is 17.4 Å². The number of halogens is 1. The molecule has 2 N–H and O–H groups in total. The molecule has 2 heterocycles. The van der Waals surface area contributed by atoms with Gasteiger partial charge in [-0.05, 0) is 38.0 Å². The van der Waals surface area contributed by atoms with Crippen molar-refractivity contribution in [3.8, 4) is 5.69 Å². The Balaban J connectivity index is 1.69. The summed E-state index contributed by atoms with van der Waals surface area (Å²) in [4.78, 5) is 27.6. The number of carbonyl (C=O) groups excluding carboxylic acids is 1. The highest BCUT2D eigenvalue weighted by atomic mass is 19.1. The molecular formula is C20H24FN7O3. The summed E-state index contributed by atoms with van der Waals surface area (Å²) < 4.78 is 17.5. The Kier molecular flexibility index (Phi) is 6.33. The lowest BCUT2D eigenvalue weighted by Gasteiger charge is -2.18. The molecule has 10 nitrogen and oxygen atoms in total. The molecule has 0 radical (unpaired) electrons. The van der Waals surface area contributed by atoms with E-state index < -0.39 is 16.8 Å². The fourth-order valence-electron chi connectivity index (χ4n) is 3.35. The van der Waals surface area contributed by atoms with Crippen molar-refractivity contribution in [3.05, 3.63) is 63.6 Å². The number of aryl methyl sites for hydroxylation is 3. The molecule has 31 heavy (non-hydrogen) atoms. The summed E-state index contributed by atoms with van der Waals surface area (Å²) in [5, 5.41) is 21.1. The average molecular weight is 429 g/mol. The van der Waals surface area contributed by atoms with Gasteiger partial charge in [0.15, 0.2) is 0 Å². The van der Waals surface area contributed by atoms with Crippen LogP contribution in [0, 0.1) is 29.8 Å². The van der Waals surface area contributed by atoms with Gasteiger partial charge in [-0.15, -0.1) is 0 Å². The number of carbonyl (C=O) groups is 1. The Bertz CT molecular complexity index is 1120. The average Bonchev–Trinajstić information content (AvgIpc) is 3.26. The van der Waals surface area contributed by atoms with E-state index in [0.29, 0.717) is 23.5 Å². The summed E-state index contributed by atoms with van der Waals surface area (Å²) in [5.41, 5.74) is 1.05. The lowest BCUT2D eigenvalue weighted by molar-refractivity contribution is -0.384. The van der Waals surface area contributed by atoms with E-state index in [2.05, 4.69) is 20.7 Å². The number of aromatic nitrogens is 4. The second kappa shape index (κ2) is 8.94. The maximum Gasteiger partial charge on any atom is 0.333 e. The van der Waals surface area contributed by atoms with Crippen LogP contribution in [0.1, 0.15) is 30.4 Å². The molecule has 0 aliphatic heterocycles. The first-order valence-electron chi connectivity index (χ1n) is 9.73. The van der Waals surface area contributed by atoms with E-state index in [1.54, 1.807) is 50.0 Å². The third-order valence-electron chi connectivity index (χ3n) is 4.97. The Hall–Kier alpha value is -3.76. The molecule has 2 aromatic heterocycles. The van der Waals surface area contributed by atoms with Crippen LogP contribution in [0.25, 0.3) is 5.69 Å². The number of hydrogen-bond donors (Lipinski definition) is 2. The van der Waals surface area contributed by atoms with Gasteiger partial charge in [0.05, 0.1) is 10.6 Å². The molecule has 3 rings (SSSR count). The molecule has 0 unspecified atom stereocenters. The van der Waals surface area contributed by atoms with Crippen LogP contribution >= 0.6 is 0 Å². The van der Waals surface area contributed by atoms with Crippen molar-refractivity contribution < 1.29 is 14.1 Å². The molecule has 1 atom stereocenters. The van der Waals surface area contributed by atoms with Crippen LogP contribution in [-0.2, 0) is 18.4 Å². The molecule has 3 aromatic rings. The molecular weight excluding hydrogens is 405 g/mol. The van der Waals surface area contributed by atoms with Gasteiger partial charge in [-0.2, -0.15) is 5.10 Å². The molecule has 1 aromatic carbocycles. The normalized spacial score (nSPS) is 11.9. The highest BCUT2D eigenvalue weighted by Crippen LogP contribution is 2.28. The SMILES string of the molecule is CC[C@H](Nc1c([N+](=O)[O-])c(C)nn1C)C(=O)NCc1ccc(-n2ccnc2C)c(F)c1. The van der Waals surface area contributed by atoms with Crippen LogP contribution in [0.15, 0.2) is 30.6 Å². The van der Waals surface area contributed by atoms with E-state index in [0.717, 1.165) is 0 Å². The number of nitrogens with one attached hydrogen (secondary N) is 2. The van der Waals surface area contributed by atoms with Crippen molar-refractivity contribution in [3.63, 3.8) is 0 Å². The van der Waals surface area contributed by atoms with Crippen LogP contribution < -0.4 is 10.6 Å². The molecule has 0 fully saturated rings. The summed E-state index contributed by atoms with van der Waals surface area (Å²) in [6.07, 6.45) is 3.65. The number of hydrogen-bond acceptors (Lipinski definition) is 6. The highest BCUT2D eigenvalue weighted by Gasteiger charge is 2.27. The van der Waals surface area contributed by atoms with E-state index in [1.165, 1.54) is 17.7 Å². The lowest BCUT2D eigenvalue weighted by atomic mass is 10.1. The van der Waals surface area contributed by atoms with Gasteiger partial charge in [0.25, 0.3) is 0 Å². The Morgan fingerprint density at radius 3 is 2.68 bits per heavy atom. The first-order chi connectivity index (χ1) is 14.7. The van der Waals surface area contributed by atoms with Crippen LogP contribution in [0.2, 0.25) is 0 Å². The predicted molar refractivity (Wildman–Crippen MR) is 112 cm³/mol. The summed E-state index contributed by atoms with van der Waals surface area (Å²) in [6, 6.07) is 4.00. The van der Waals surface area contributed by atoms with Gasteiger partial charge in [-0.25, -0.2) is 14.1 Å². The van der Waals surface area contributed by atoms with Gasteiger partial charge in [-0.1, -0.05) is 13.0 Å². The van der Waals surface area contributed by atoms with E-state index in [-0.39, 0.29) is 29.7 Å². The van der Waals surface area contributed by atoms with Gasteiger partial charge in [0.2, 0.25) is 11.7 Å². The zero-order valence-corrected chi connectivity index (χ0v) is 17.7. The Labute approximate surface area is 178 Å². The zero-order chi connectivity index (χ0) is 22.7. The summed E-state index contributed by atoms with van der Waals surface area (Å²) in [5.74, 6) is 0.0384. The molecule has 0 aliphatic rings. The van der Waals surface area contributed by atoms with Crippen LogP contribution in [0.4, 0.5) is 15.9 Å². The van der Waals surface area contributed by atoms with E-state index in [1.807, 2.05) is 0 Å².